The largest absolute Gasteiger partial charge is 0.399 e. The molecule has 0 aliphatic carbocycles. The van der Waals surface area contributed by atoms with Gasteiger partial charge in [0.15, 0.2) is 0 Å². The monoisotopic (exact) mass is 342 g/mol. The fourth-order valence-electron chi connectivity index (χ4n) is 2.14. The van der Waals surface area contributed by atoms with E-state index in [9.17, 15) is 4.79 Å². The molecule has 0 spiro atoms. The normalized spacial score (nSPS) is 19.0. The predicted molar refractivity (Wildman–Crippen MR) is 85.6 cm³/mol. The van der Waals surface area contributed by atoms with Crippen LogP contribution in [0.25, 0.3) is 0 Å². The summed E-state index contributed by atoms with van der Waals surface area (Å²) in [6.45, 7) is 6.09. The Morgan fingerprint density at radius 3 is 2.79 bits per heavy atom. The van der Waals surface area contributed by atoms with E-state index in [2.05, 4.69) is 29.8 Å². The van der Waals surface area contributed by atoms with E-state index in [1.54, 1.807) is 12.1 Å². The van der Waals surface area contributed by atoms with E-state index >= 15 is 0 Å². The number of anilines is 1. The molecule has 1 aromatic rings. The van der Waals surface area contributed by atoms with Crippen LogP contribution < -0.4 is 5.73 Å². The van der Waals surface area contributed by atoms with Gasteiger partial charge >= 0.3 is 0 Å². The smallest absolute Gasteiger partial charge is 0.253 e. The first kappa shape index (κ1) is 14.7. The van der Waals surface area contributed by atoms with E-state index in [4.69, 9.17) is 5.73 Å². The molecule has 2 rings (SSSR count). The highest BCUT2D eigenvalue weighted by Gasteiger charge is 2.26. The topological polar surface area (TPSA) is 46.3 Å². The Hall–Kier alpha value is -0.680. The van der Waals surface area contributed by atoms with E-state index in [0.717, 1.165) is 29.7 Å². The zero-order valence-corrected chi connectivity index (χ0v) is 13.7. The first-order valence-corrected chi connectivity index (χ1v) is 8.14. The number of carbonyl (C=O) groups excluding carboxylic acids is 1. The lowest BCUT2D eigenvalue weighted by atomic mass is 10.1. The third kappa shape index (κ3) is 3.89. The van der Waals surface area contributed by atoms with Gasteiger partial charge in [-0.25, -0.2) is 0 Å². The third-order valence-electron chi connectivity index (χ3n) is 3.29. The molecule has 5 heteroatoms. The molecule has 0 atom stereocenters. The van der Waals surface area contributed by atoms with Gasteiger partial charge in [-0.1, -0.05) is 29.8 Å². The first-order chi connectivity index (χ1) is 8.87. The summed E-state index contributed by atoms with van der Waals surface area (Å²) < 4.78 is 1.10. The van der Waals surface area contributed by atoms with Crippen molar-refractivity contribution in [3.63, 3.8) is 0 Å². The van der Waals surface area contributed by atoms with Crippen LogP contribution in [0.2, 0.25) is 0 Å². The summed E-state index contributed by atoms with van der Waals surface area (Å²) >= 11 is 5.32. The number of amides is 1. The van der Waals surface area contributed by atoms with Crippen LogP contribution in [0.3, 0.4) is 0 Å². The number of thioether (sulfide) groups is 1. The predicted octanol–water partition coefficient (Wildman–Crippen LogP) is 3.39. The molecule has 1 heterocycles. The summed E-state index contributed by atoms with van der Waals surface area (Å²) in [6.07, 6.45) is 1.02. The maximum Gasteiger partial charge on any atom is 0.253 e. The summed E-state index contributed by atoms with van der Waals surface area (Å²) in [4.78, 5) is 14.4. The highest BCUT2D eigenvalue weighted by Crippen LogP contribution is 2.31. The van der Waals surface area contributed by atoms with Crippen LogP contribution in [-0.2, 0) is 0 Å². The molecule has 1 aromatic carbocycles. The van der Waals surface area contributed by atoms with E-state index < -0.39 is 0 Å². The molecule has 0 bridgehead atoms. The lowest BCUT2D eigenvalue weighted by molar-refractivity contribution is 0.0764. The maximum atomic E-state index is 12.5. The van der Waals surface area contributed by atoms with Crippen molar-refractivity contribution in [2.75, 3.05) is 24.6 Å². The molecule has 1 amide bonds. The van der Waals surface area contributed by atoms with Gasteiger partial charge in [-0.15, -0.1) is 0 Å². The quantitative estimate of drug-likeness (QED) is 0.795. The van der Waals surface area contributed by atoms with Crippen molar-refractivity contribution in [2.24, 2.45) is 0 Å². The van der Waals surface area contributed by atoms with Gasteiger partial charge in [0.2, 0.25) is 0 Å². The van der Waals surface area contributed by atoms with E-state index in [0.29, 0.717) is 11.3 Å². The molecule has 0 radical (unpaired) electrons. The summed E-state index contributed by atoms with van der Waals surface area (Å²) in [5, 5.41) is 0. The highest BCUT2D eigenvalue weighted by atomic mass is 79.9. The summed E-state index contributed by atoms with van der Waals surface area (Å²) in [6, 6.07) is 5.39. The number of nitrogen functional groups attached to an aromatic ring is 1. The minimum Gasteiger partial charge on any atom is -0.399 e. The Kier molecular flexibility index (Phi) is 4.46. The van der Waals surface area contributed by atoms with Crippen molar-refractivity contribution in [2.45, 2.75) is 25.0 Å². The average molecular weight is 343 g/mol. The van der Waals surface area contributed by atoms with Crippen molar-refractivity contribution >= 4 is 39.3 Å². The molecule has 1 saturated heterocycles. The Morgan fingerprint density at radius 1 is 1.37 bits per heavy atom. The van der Waals surface area contributed by atoms with Crippen LogP contribution in [0.1, 0.15) is 30.6 Å². The van der Waals surface area contributed by atoms with Crippen LogP contribution in [0.5, 0.6) is 0 Å². The van der Waals surface area contributed by atoms with Gasteiger partial charge in [0.1, 0.15) is 0 Å². The summed E-state index contributed by atoms with van der Waals surface area (Å²) in [5.74, 6) is 1.06. The summed E-state index contributed by atoms with van der Waals surface area (Å²) in [5.41, 5.74) is 7.07. The second-order valence-electron chi connectivity index (χ2n) is 5.42. The Bertz CT molecular complexity index is 470. The number of hydrogen-bond acceptors (Lipinski definition) is 3. The number of carbonyl (C=O) groups is 1. The van der Waals surface area contributed by atoms with E-state index in [1.807, 2.05) is 22.7 Å². The zero-order valence-electron chi connectivity index (χ0n) is 11.3. The standard InChI is InChI=1S/C14H19BrN2OS/c1-14(2)3-4-17(5-6-19-14)13(18)10-7-11(15)9-12(16)8-10/h7-9H,3-6,16H2,1-2H3. The van der Waals surface area contributed by atoms with Crippen molar-refractivity contribution in [1.82, 2.24) is 4.90 Å². The first-order valence-electron chi connectivity index (χ1n) is 6.37. The van der Waals surface area contributed by atoms with Gasteiger partial charge in [-0.05, 0) is 24.6 Å². The van der Waals surface area contributed by atoms with Crippen LogP contribution in [0.4, 0.5) is 5.69 Å². The molecule has 1 aliphatic rings. The van der Waals surface area contributed by atoms with Gasteiger partial charge in [-0.3, -0.25) is 4.79 Å². The second kappa shape index (κ2) is 5.75. The van der Waals surface area contributed by atoms with Gasteiger partial charge in [0.05, 0.1) is 0 Å². The third-order valence-corrected chi connectivity index (χ3v) is 5.12. The van der Waals surface area contributed by atoms with Crippen LogP contribution >= 0.6 is 27.7 Å². The average Bonchev–Trinajstić information content (AvgIpc) is 2.48. The molecule has 104 valence electrons. The van der Waals surface area contributed by atoms with Gasteiger partial charge in [-0.2, -0.15) is 11.8 Å². The number of hydrogen-bond donors (Lipinski definition) is 1. The molecule has 1 aliphatic heterocycles. The Balaban J connectivity index is 2.15. The van der Waals surface area contributed by atoms with E-state index in [-0.39, 0.29) is 10.7 Å². The molecule has 0 saturated carbocycles. The minimum atomic E-state index is 0.0753. The molecule has 0 unspecified atom stereocenters. The lowest BCUT2D eigenvalue weighted by Crippen LogP contribution is -2.33. The number of halogens is 1. The zero-order chi connectivity index (χ0) is 14.0. The Morgan fingerprint density at radius 2 is 2.11 bits per heavy atom. The molecule has 0 aromatic heterocycles. The molecule has 2 N–H and O–H groups in total. The van der Waals surface area contributed by atoms with Crippen LogP contribution in [0, 0.1) is 0 Å². The molecule has 19 heavy (non-hydrogen) atoms. The number of rotatable bonds is 1. The molecular weight excluding hydrogens is 324 g/mol. The Labute approximate surface area is 127 Å². The maximum absolute atomic E-state index is 12.5. The fourth-order valence-corrected chi connectivity index (χ4v) is 3.75. The number of nitrogens with two attached hydrogens (primary N) is 1. The highest BCUT2D eigenvalue weighted by molar-refractivity contribution is 9.10. The van der Waals surface area contributed by atoms with Gasteiger partial charge in [0, 0.05) is 39.3 Å². The van der Waals surface area contributed by atoms with Crippen molar-refractivity contribution < 1.29 is 4.79 Å². The molecular formula is C14H19BrN2OS. The van der Waals surface area contributed by atoms with Crippen LogP contribution in [0.15, 0.2) is 22.7 Å². The van der Waals surface area contributed by atoms with Crippen molar-refractivity contribution in [1.29, 1.82) is 0 Å². The van der Waals surface area contributed by atoms with E-state index in [1.165, 1.54) is 0 Å². The minimum absolute atomic E-state index is 0.0753. The lowest BCUT2D eigenvalue weighted by Gasteiger charge is -2.23. The number of benzene rings is 1. The van der Waals surface area contributed by atoms with Crippen molar-refractivity contribution in [3.05, 3.63) is 28.2 Å². The van der Waals surface area contributed by atoms with Gasteiger partial charge in [0.25, 0.3) is 5.91 Å². The van der Waals surface area contributed by atoms with Crippen molar-refractivity contribution in [3.8, 4) is 0 Å². The fraction of sp³-hybridized carbons (Fsp3) is 0.500. The SMILES string of the molecule is CC1(C)CCN(C(=O)c2cc(N)cc(Br)c2)CCS1. The summed E-state index contributed by atoms with van der Waals surface area (Å²) in [7, 11) is 0. The van der Waals surface area contributed by atoms with Crippen LogP contribution in [-0.4, -0.2) is 34.4 Å². The number of nitrogens with zero attached hydrogens (tertiary/aromatic N) is 1. The second-order valence-corrected chi connectivity index (χ2v) is 8.14. The molecule has 1 fully saturated rings. The van der Waals surface area contributed by atoms with Gasteiger partial charge < -0.3 is 10.6 Å². The molecule has 3 nitrogen and oxygen atoms in total.